The average Bonchev–Trinajstić information content (AvgIpc) is 2.37. The number of urea groups is 1. The second kappa shape index (κ2) is 10.7. The summed E-state index contributed by atoms with van der Waals surface area (Å²) in [6.07, 6.45) is 2.11. The van der Waals surface area contributed by atoms with Gasteiger partial charge in [0.1, 0.15) is 0 Å². The van der Waals surface area contributed by atoms with Gasteiger partial charge in [-0.3, -0.25) is 9.00 Å². The Hall–Kier alpha value is -1.11. The third-order valence-electron chi connectivity index (χ3n) is 3.01. The Bertz CT molecular complexity index is 336. The van der Waals surface area contributed by atoms with Crippen molar-refractivity contribution in [3.8, 4) is 0 Å². The van der Waals surface area contributed by atoms with Crippen LogP contribution in [0.3, 0.4) is 0 Å². The van der Waals surface area contributed by atoms with E-state index in [0.29, 0.717) is 24.5 Å². The number of carboxylic acid groups (broad SMARTS) is 1. The first-order valence-electron chi connectivity index (χ1n) is 6.99. The summed E-state index contributed by atoms with van der Waals surface area (Å²) in [7, 11) is -0.869. The van der Waals surface area contributed by atoms with Crippen molar-refractivity contribution in [1.29, 1.82) is 0 Å². The summed E-state index contributed by atoms with van der Waals surface area (Å²) in [5, 5.41) is 14.2. The third kappa shape index (κ3) is 9.77. The SMILES string of the molecule is CCS(=O)CCNC(=O)NC(C)CCCC(C)C(=O)O. The predicted octanol–water partition coefficient (Wildman–Crippen LogP) is 1.33. The lowest BCUT2D eigenvalue weighted by molar-refractivity contribution is -0.141. The summed E-state index contributed by atoms with van der Waals surface area (Å²) < 4.78 is 11.2. The van der Waals surface area contributed by atoms with Crippen molar-refractivity contribution in [3.05, 3.63) is 0 Å². The minimum atomic E-state index is -0.869. The molecule has 3 atom stereocenters. The minimum Gasteiger partial charge on any atom is -0.481 e. The molecule has 0 aliphatic carbocycles. The van der Waals surface area contributed by atoms with Crippen LogP contribution in [0.2, 0.25) is 0 Å². The molecule has 0 saturated carbocycles. The van der Waals surface area contributed by atoms with E-state index in [0.717, 1.165) is 12.8 Å². The van der Waals surface area contributed by atoms with Gasteiger partial charge in [-0.25, -0.2) is 4.79 Å². The summed E-state index contributed by atoms with van der Waals surface area (Å²) in [5.74, 6) is -0.0667. The molecule has 0 aromatic carbocycles. The van der Waals surface area contributed by atoms with Crippen molar-refractivity contribution in [2.45, 2.75) is 46.1 Å². The molecule has 6 nitrogen and oxygen atoms in total. The molecule has 0 aromatic heterocycles. The molecule has 0 spiro atoms. The maximum absolute atomic E-state index is 11.5. The normalized spacial score (nSPS) is 15.2. The van der Waals surface area contributed by atoms with Crippen LogP contribution in [0.5, 0.6) is 0 Å². The topological polar surface area (TPSA) is 95.5 Å². The van der Waals surface area contributed by atoms with E-state index in [1.54, 1.807) is 6.92 Å². The molecule has 0 aliphatic rings. The Balaban J connectivity index is 3.69. The predicted molar refractivity (Wildman–Crippen MR) is 80.2 cm³/mol. The van der Waals surface area contributed by atoms with E-state index >= 15 is 0 Å². The van der Waals surface area contributed by atoms with Crippen LogP contribution >= 0.6 is 0 Å². The van der Waals surface area contributed by atoms with E-state index in [-0.39, 0.29) is 18.0 Å². The molecular formula is C13H26N2O4S. The lowest BCUT2D eigenvalue weighted by Gasteiger charge is -2.15. The molecule has 3 N–H and O–H groups in total. The second-order valence-corrected chi connectivity index (χ2v) is 6.77. The van der Waals surface area contributed by atoms with Crippen molar-refractivity contribution in [3.63, 3.8) is 0 Å². The van der Waals surface area contributed by atoms with Gasteiger partial charge >= 0.3 is 12.0 Å². The number of carbonyl (C=O) groups excluding carboxylic acids is 1. The summed E-state index contributed by atoms with van der Waals surface area (Å²) in [6, 6.07) is -0.274. The zero-order chi connectivity index (χ0) is 15.5. The Morgan fingerprint density at radius 1 is 1.25 bits per heavy atom. The van der Waals surface area contributed by atoms with Crippen LogP contribution in [0.4, 0.5) is 4.79 Å². The maximum Gasteiger partial charge on any atom is 0.315 e. The number of nitrogens with one attached hydrogen (secondary N) is 2. The minimum absolute atomic E-state index is 0.00679. The molecule has 118 valence electrons. The van der Waals surface area contributed by atoms with E-state index in [1.807, 2.05) is 13.8 Å². The smallest absolute Gasteiger partial charge is 0.315 e. The molecule has 2 amide bonds. The highest BCUT2D eigenvalue weighted by Crippen LogP contribution is 2.09. The van der Waals surface area contributed by atoms with Crippen LogP contribution in [0, 0.1) is 5.92 Å². The number of rotatable bonds is 10. The van der Waals surface area contributed by atoms with Gasteiger partial charge in [-0.2, -0.15) is 0 Å². The molecule has 0 aliphatic heterocycles. The number of hydrogen-bond donors (Lipinski definition) is 3. The lowest BCUT2D eigenvalue weighted by atomic mass is 10.0. The summed E-state index contributed by atoms with van der Waals surface area (Å²) >= 11 is 0. The largest absolute Gasteiger partial charge is 0.481 e. The van der Waals surface area contributed by atoms with Crippen molar-refractivity contribution in [2.24, 2.45) is 5.92 Å². The molecule has 0 rings (SSSR count). The van der Waals surface area contributed by atoms with Crippen molar-refractivity contribution < 1.29 is 18.9 Å². The van der Waals surface area contributed by atoms with Gasteiger partial charge < -0.3 is 15.7 Å². The Kier molecular flexibility index (Phi) is 10.1. The van der Waals surface area contributed by atoms with Crippen LogP contribution in [-0.4, -0.2) is 45.4 Å². The highest BCUT2D eigenvalue weighted by Gasteiger charge is 2.12. The lowest BCUT2D eigenvalue weighted by Crippen LogP contribution is -2.42. The Morgan fingerprint density at radius 2 is 1.90 bits per heavy atom. The third-order valence-corrected chi connectivity index (χ3v) is 4.31. The first kappa shape index (κ1) is 18.9. The fraction of sp³-hybridized carbons (Fsp3) is 0.846. The van der Waals surface area contributed by atoms with Crippen LogP contribution < -0.4 is 10.6 Å². The molecule has 0 aromatic rings. The molecule has 0 radical (unpaired) electrons. The van der Waals surface area contributed by atoms with E-state index in [4.69, 9.17) is 5.11 Å². The molecule has 3 unspecified atom stereocenters. The van der Waals surface area contributed by atoms with Gasteiger partial charge in [0, 0.05) is 34.9 Å². The van der Waals surface area contributed by atoms with E-state index in [2.05, 4.69) is 10.6 Å². The standard InChI is InChI=1S/C13H26N2O4S/c1-4-20(19)9-8-14-13(18)15-11(3)7-5-6-10(2)12(16)17/h10-11H,4-9H2,1-3H3,(H,16,17)(H2,14,15,18). The van der Waals surface area contributed by atoms with E-state index < -0.39 is 16.8 Å². The zero-order valence-corrected chi connectivity index (χ0v) is 13.3. The first-order valence-corrected chi connectivity index (χ1v) is 8.47. The van der Waals surface area contributed by atoms with Crippen molar-refractivity contribution in [1.82, 2.24) is 10.6 Å². The maximum atomic E-state index is 11.5. The molecule has 7 heteroatoms. The van der Waals surface area contributed by atoms with Gasteiger partial charge in [-0.15, -0.1) is 0 Å². The van der Waals surface area contributed by atoms with Gasteiger partial charge in [0.2, 0.25) is 0 Å². The molecule has 0 saturated heterocycles. The number of carbonyl (C=O) groups is 2. The molecule has 0 bridgehead atoms. The number of amides is 2. The molecular weight excluding hydrogens is 280 g/mol. The summed E-state index contributed by atoms with van der Waals surface area (Å²) in [4.78, 5) is 22.2. The average molecular weight is 306 g/mol. The number of carboxylic acids is 1. The highest BCUT2D eigenvalue weighted by molar-refractivity contribution is 7.84. The van der Waals surface area contributed by atoms with Gasteiger partial charge in [0.05, 0.1) is 5.92 Å². The van der Waals surface area contributed by atoms with Crippen LogP contribution in [0.25, 0.3) is 0 Å². The summed E-state index contributed by atoms with van der Waals surface area (Å²) in [5.41, 5.74) is 0. The monoisotopic (exact) mass is 306 g/mol. The molecule has 0 heterocycles. The van der Waals surface area contributed by atoms with Crippen LogP contribution in [-0.2, 0) is 15.6 Å². The Morgan fingerprint density at radius 3 is 2.45 bits per heavy atom. The second-order valence-electron chi connectivity index (χ2n) is 4.90. The van der Waals surface area contributed by atoms with E-state index in [1.165, 1.54) is 0 Å². The van der Waals surface area contributed by atoms with Crippen LogP contribution in [0.1, 0.15) is 40.0 Å². The summed E-state index contributed by atoms with van der Waals surface area (Å²) in [6.45, 7) is 5.81. The van der Waals surface area contributed by atoms with Gasteiger partial charge in [-0.1, -0.05) is 20.3 Å². The first-order chi connectivity index (χ1) is 9.36. The van der Waals surface area contributed by atoms with Gasteiger partial charge in [0.25, 0.3) is 0 Å². The fourth-order valence-electron chi connectivity index (χ4n) is 1.62. The van der Waals surface area contributed by atoms with E-state index in [9.17, 15) is 13.8 Å². The molecule has 0 fully saturated rings. The zero-order valence-electron chi connectivity index (χ0n) is 12.5. The number of aliphatic carboxylic acids is 1. The molecule has 20 heavy (non-hydrogen) atoms. The van der Waals surface area contributed by atoms with Gasteiger partial charge in [0.15, 0.2) is 0 Å². The number of hydrogen-bond acceptors (Lipinski definition) is 3. The quantitative estimate of drug-likeness (QED) is 0.567. The van der Waals surface area contributed by atoms with Crippen molar-refractivity contribution in [2.75, 3.05) is 18.1 Å². The van der Waals surface area contributed by atoms with Crippen LogP contribution in [0.15, 0.2) is 0 Å². The Labute approximate surface area is 123 Å². The highest BCUT2D eigenvalue weighted by atomic mass is 32.2. The fourth-order valence-corrected chi connectivity index (χ4v) is 2.24. The van der Waals surface area contributed by atoms with Crippen molar-refractivity contribution >= 4 is 22.8 Å². The van der Waals surface area contributed by atoms with Gasteiger partial charge in [-0.05, 0) is 19.8 Å².